The maximum atomic E-state index is 11.0. The first-order chi connectivity index (χ1) is 5.72. The van der Waals surface area contributed by atoms with Gasteiger partial charge < -0.3 is 0 Å². The molecule has 0 radical (unpaired) electrons. The summed E-state index contributed by atoms with van der Waals surface area (Å²) in [6.07, 6.45) is 1.61. The van der Waals surface area contributed by atoms with E-state index in [1.165, 1.54) is 10.7 Å². The van der Waals surface area contributed by atoms with Gasteiger partial charge in [-0.05, 0) is 19.9 Å². The number of aromatic nitrogens is 2. The number of rotatable bonds is 1. The first-order valence-electron chi connectivity index (χ1n) is 4.25. The van der Waals surface area contributed by atoms with Gasteiger partial charge in [0, 0.05) is 12.3 Å². The SMILES string of the molecule is CC.CC(C)n1ncccc1=O. The summed E-state index contributed by atoms with van der Waals surface area (Å²) < 4.78 is 1.44. The van der Waals surface area contributed by atoms with E-state index >= 15 is 0 Å². The van der Waals surface area contributed by atoms with E-state index in [0.29, 0.717) is 0 Å². The van der Waals surface area contributed by atoms with Crippen LogP contribution in [0.4, 0.5) is 0 Å². The van der Waals surface area contributed by atoms with E-state index in [1.807, 2.05) is 27.7 Å². The first kappa shape index (κ1) is 10.9. The largest absolute Gasteiger partial charge is 0.268 e. The van der Waals surface area contributed by atoms with E-state index in [1.54, 1.807) is 12.3 Å². The molecule has 0 amide bonds. The fourth-order valence-electron chi connectivity index (χ4n) is 0.757. The molecule has 0 unspecified atom stereocenters. The predicted molar refractivity (Wildman–Crippen MR) is 50.2 cm³/mol. The van der Waals surface area contributed by atoms with Crippen LogP contribution in [0.25, 0.3) is 0 Å². The van der Waals surface area contributed by atoms with E-state index < -0.39 is 0 Å². The van der Waals surface area contributed by atoms with Gasteiger partial charge in [-0.25, -0.2) is 4.68 Å². The molecule has 3 heteroatoms. The second-order valence-corrected chi connectivity index (χ2v) is 2.40. The molecule has 0 aliphatic carbocycles. The van der Waals surface area contributed by atoms with Crippen LogP contribution in [0.1, 0.15) is 33.7 Å². The molecule has 3 nitrogen and oxygen atoms in total. The van der Waals surface area contributed by atoms with Gasteiger partial charge in [0.2, 0.25) is 0 Å². The van der Waals surface area contributed by atoms with Gasteiger partial charge in [0.1, 0.15) is 0 Å². The summed E-state index contributed by atoms with van der Waals surface area (Å²) >= 11 is 0. The molecule has 0 N–H and O–H groups in total. The van der Waals surface area contributed by atoms with Gasteiger partial charge in [-0.3, -0.25) is 4.79 Å². The van der Waals surface area contributed by atoms with Crippen LogP contribution in [-0.4, -0.2) is 9.78 Å². The highest BCUT2D eigenvalue weighted by Gasteiger charge is 1.97. The van der Waals surface area contributed by atoms with Crippen LogP contribution < -0.4 is 5.56 Å². The summed E-state index contributed by atoms with van der Waals surface area (Å²) in [7, 11) is 0. The Hall–Kier alpha value is -1.12. The van der Waals surface area contributed by atoms with Crippen molar-refractivity contribution >= 4 is 0 Å². The van der Waals surface area contributed by atoms with Crippen LogP contribution in [0.15, 0.2) is 23.1 Å². The zero-order valence-corrected chi connectivity index (χ0v) is 8.11. The Kier molecular flexibility index (Phi) is 5.00. The monoisotopic (exact) mass is 168 g/mol. The lowest BCUT2D eigenvalue weighted by Crippen LogP contribution is -2.22. The number of hydrogen-bond donors (Lipinski definition) is 0. The molecule has 1 heterocycles. The standard InChI is InChI=1S/C7H10N2O.C2H6/c1-6(2)9-7(10)4-3-5-8-9;1-2/h3-6H,1-2H3;1-2H3. The summed E-state index contributed by atoms with van der Waals surface area (Å²) in [5, 5.41) is 3.88. The third-order valence-corrected chi connectivity index (χ3v) is 1.23. The van der Waals surface area contributed by atoms with Crippen LogP contribution in [-0.2, 0) is 0 Å². The highest BCUT2D eigenvalue weighted by molar-refractivity contribution is 4.85. The third-order valence-electron chi connectivity index (χ3n) is 1.23. The zero-order valence-electron chi connectivity index (χ0n) is 8.11. The van der Waals surface area contributed by atoms with Crippen molar-refractivity contribution < 1.29 is 0 Å². The van der Waals surface area contributed by atoms with Crippen molar-refractivity contribution in [3.05, 3.63) is 28.7 Å². The molecule has 0 aromatic carbocycles. The van der Waals surface area contributed by atoms with Gasteiger partial charge in [-0.2, -0.15) is 5.10 Å². The lowest BCUT2D eigenvalue weighted by atomic mass is 10.4. The van der Waals surface area contributed by atoms with E-state index in [4.69, 9.17) is 0 Å². The molecule has 0 bridgehead atoms. The van der Waals surface area contributed by atoms with Crippen molar-refractivity contribution in [3.8, 4) is 0 Å². The van der Waals surface area contributed by atoms with Crippen molar-refractivity contribution in [2.45, 2.75) is 33.7 Å². The Bertz CT molecular complexity index is 265. The lowest BCUT2D eigenvalue weighted by Gasteiger charge is -2.04. The zero-order chi connectivity index (χ0) is 9.56. The van der Waals surface area contributed by atoms with Gasteiger partial charge in [-0.1, -0.05) is 13.8 Å². The molecular weight excluding hydrogens is 152 g/mol. The van der Waals surface area contributed by atoms with Crippen LogP contribution in [0, 0.1) is 0 Å². The van der Waals surface area contributed by atoms with Gasteiger partial charge in [0.15, 0.2) is 0 Å². The van der Waals surface area contributed by atoms with Crippen LogP contribution in [0.3, 0.4) is 0 Å². The maximum Gasteiger partial charge on any atom is 0.266 e. The first-order valence-corrected chi connectivity index (χ1v) is 4.25. The smallest absolute Gasteiger partial charge is 0.266 e. The summed E-state index contributed by atoms with van der Waals surface area (Å²) in [6, 6.07) is 3.29. The molecule has 0 aliphatic rings. The van der Waals surface area contributed by atoms with Gasteiger partial charge >= 0.3 is 0 Å². The predicted octanol–water partition coefficient (Wildman–Crippen LogP) is 1.85. The summed E-state index contributed by atoms with van der Waals surface area (Å²) in [5.74, 6) is 0. The van der Waals surface area contributed by atoms with Crippen LogP contribution in [0.2, 0.25) is 0 Å². The Morgan fingerprint density at radius 1 is 1.42 bits per heavy atom. The Labute approximate surface area is 73.0 Å². The van der Waals surface area contributed by atoms with Crippen molar-refractivity contribution in [2.75, 3.05) is 0 Å². The van der Waals surface area contributed by atoms with E-state index in [-0.39, 0.29) is 11.6 Å². The number of nitrogens with zero attached hydrogens (tertiary/aromatic N) is 2. The Morgan fingerprint density at radius 3 is 2.33 bits per heavy atom. The fraction of sp³-hybridized carbons (Fsp3) is 0.556. The van der Waals surface area contributed by atoms with Gasteiger partial charge in [-0.15, -0.1) is 0 Å². The topological polar surface area (TPSA) is 34.9 Å². The molecule has 68 valence electrons. The molecule has 12 heavy (non-hydrogen) atoms. The molecule has 0 aliphatic heterocycles. The minimum absolute atomic E-state index is 0.0440. The fourth-order valence-corrected chi connectivity index (χ4v) is 0.757. The molecular formula is C9H16N2O. The van der Waals surface area contributed by atoms with Gasteiger partial charge in [0.25, 0.3) is 5.56 Å². The van der Waals surface area contributed by atoms with Gasteiger partial charge in [0.05, 0.1) is 6.04 Å². The highest BCUT2D eigenvalue weighted by Crippen LogP contribution is 1.93. The summed E-state index contributed by atoms with van der Waals surface area (Å²) in [5.41, 5.74) is -0.0440. The molecule has 1 aromatic heterocycles. The van der Waals surface area contributed by atoms with Crippen LogP contribution >= 0.6 is 0 Å². The average molecular weight is 168 g/mol. The molecule has 0 saturated heterocycles. The number of hydrogen-bond acceptors (Lipinski definition) is 2. The normalized spacial score (nSPS) is 9.08. The highest BCUT2D eigenvalue weighted by atomic mass is 16.1. The summed E-state index contributed by atoms with van der Waals surface area (Å²) in [6.45, 7) is 7.85. The minimum atomic E-state index is -0.0440. The molecule has 1 rings (SSSR count). The second-order valence-electron chi connectivity index (χ2n) is 2.40. The molecule has 0 saturated carbocycles. The molecule has 0 atom stereocenters. The second kappa shape index (κ2) is 5.52. The van der Waals surface area contributed by atoms with Crippen molar-refractivity contribution in [3.63, 3.8) is 0 Å². The average Bonchev–Trinajstić information content (AvgIpc) is 2.08. The Balaban J connectivity index is 0.000000561. The Morgan fingerprint density at radius 2 is 2.00 bits per heavy atom. The quantitative estimate of drug-likeness (QED) is 0.641. The molecule has 0 fully saturated rings. The van der Waals surface area contributed by atoms with Crippen molar-refractivity contribution in [1.82, 2.24) is 9.78 Å². The summed E-state index contributed by atoms with van der Waals surface area (Å²) in [4.78, 5) is 11.0. The maximum absolute atomic E-state index is 11.0. The lowest BCUT2D eigenvalue weighted by molar-refractivity contribution is 0.502. The minimum Gasteiger partial charge on any atom is -0.268 e. The molecule has 0 spiro atoms. The van der Waals surface area contributed by atoms with Crippen molar-refractivity contribution in [1.29, 1.82) is 0 Å². The van der Waals surface area contributed by atoms with Crippen LogP contribution in [0.5, 0.6) is 0 Å². The third kappa shape index (κ3) is 2.86. The van der Waals surface area contributed by atoms with E-state index in [2.05, 4.69) is 5.10 Å². The van der Waals surface area contributed by atoms with Crippen molar-refractivity contribution in [2.24, 2.45) is 0 Å². The van der Waals surface area contributed by atoms with E-state index in [0.717, 1.165) is 0 Å². The molecule has 1 aromatic rings. The van der Waals surface area contributed by atoms with E-state index in [9.17, 15) is 4.79 Å².